The van der Waals surface area contributed by atoms with Gasteiger partial charge in [0.15, 0.2) is 18.2 Å². The van der Waals surface area contributed by atoms with Crippen molar-refractivity contribution in [2.75, 3.05) is 6.61 Å². The molecule has 0 amide bonds. The van der Waals surface area contributed by atoms with E-state index < -0.39 is 20.9 Å². The van der Waals surface area contributed by atoms with Gasteiger partial charge in [0, 0.05) is 0 Å². The van der Waals surface area contributed by atoms with Crippen LogP contribution in [0.1, 0.15) is 13.8 Å². The monoisotopic (exact) mass is 328 g/mol. The van der Waals surface area contributed by atoms with Crippen LogP contribution < -0.4 is 0 Å². The lowest BCUT2D eigenvalue weighted by Crippen LogP contribution is -2.54. The topological polar surface area (TPSA) is 52.6 Å². The fraction of sp³-hybridized carbons (Fsp3) is 0.750. The van der Waals surface area contributed by atoms with E-state index in [2.05, 4.69) is 31.9 Å². The van der Waals surface area contributed by atoms with Crippen LogP contribution >= 0.6 is 31.9 Å². The number of alkyl halides is 2. The van der Waals surface area contributed by atoms with Gasteiger partial charge in [-0.2, -0.15) is 0 Å². The highest BCUT2D eigenvalue weighted by molar-refractivity contribution is 9.25. The smallest absolute Gasteiger partial charge is 0.226 e. The predicted octanol–water partition coefficient (Wildman–Crippen LogP) is 1.39. The molecule has 0 saturated carbocycles. The molecule has 0 bridgehead atoms. The Morgan fingerprint density at radius 3 is 2.57 bits per heavy atom. The summed E-state index contributed by atoms with van der Waals surface area (Å²) >= 11 is 6.48. The third kappa shape index (κ3) is 2.62. The summed E-state index contributed by atoms with van der Waals surface area (Å²) in [5.74, 6) is -1.47. The highest BCUT2D eigenvalue weighted by atomic mass is 79.9. The fourth-order valence-electron chi connectivity index (χ4n) is 1.08. The molecule has 0 aromatic carbocycles. The standard InChI is InChI=1S/C8H10Br2O4/c1-7(2)13-4-8(9,10)6(14-7)5(12)3-11/h3,6H,4H2,1-2H3. The Morgan fingerprint density at radius 2 is 2.07 bits per heavy atom. The van der Waals surface area contributed by atoms with E-state index >= 15 is 0 Å². The van der Waals surface area contributed by atoms with Crippen LogP contribution in [0.4, 0.5) is 0 Å². The first kappa shape index (κ1) is 12.3. The van der Waals surface area contributed by atoms with Crippen LogP contribution in [0.3, 0.4) is 0 Å². The third-order valence-electron chi connectivity index (χ3n) is 1.77. The largest absolute Gasteiger partial charge is 0.348 e. The molecule has 1 fully saturated rings. The molecule has 0 radical (unpaired) electrons. The Bertz CT molecular complexity index is 262. The Hall–Kier alpha value is 0.220. The molecule has 0 aromatic heterocycles. The Kier molecular flexibility index (Phi) is 3.51. The zero-order valence-corrected chi connectivity index (χ0v) is 10.9. The summed E-state index contributed by atoms with van der Waals surface area (Å²) in [5, 5.41) is 0. The van der Waals surface area contributed by atoms with Crippen molar-refractivity contribution < 1.29 is 19.1 Å². The van der Waals surface area contributed by atoms with Crippen molar-refractivity contribution in [2.45, 2.75) is 29.0 Å². The summed E-state index contributed by atoms with van der Waals surface area (Å²) in [6.07, 6.45) is -0.618. The van der Waals surface area contributed by atoms with E-state index in [9.17, 15) is 9.59 Å². The van der Waals surface area contributed by atoms with E-state index in [0.717, 1.165) is 0 Å². The summed E-state index contributed by atoms with van der Waals surface area (Å²) in [7, 11) is 0. The van der Waals surface area contributed by atoms with Gasteiger partial charge in [-0.15, -0.1) is 0 Å². The van der Waals surface area contributed by atoms with Crippen LogP contribution in [0.2, 0.25) is 0 Å². The van der Waals surface area contributed by atoms with Crippen LogP contribution in [0, 0.1) is 0 Å². The van der Waals surface area contributed by atoms with E-state index in [0.29, 0.717) is 0 Å². The van der Waals surface area contributed by atoms with E-state index in [1.54, 1.807) is 13.8 Å². The minimum Gasteiger partial charge on any atom is -0.348 e. The fourth-order valence-corrected chi connectivity index (χ4v) is 1.94. The molecule has 0 aromatic rings. The minimum atomic E-state index is -0.872. The molecule has 14 heavy (non-hydrogen) atoms. The molecule has 1 aliphatic rings. The summed E-state index contributed by atoms with van der Waals surface area (Å²) in [6.45, 7) is 3.62. The Labute approximate surface area is 98.6 Å². The van der Waals surface area contributed by atoms with Crippen LogP contribution in [0.5, 0.6) is 0 Å². The van der Waals surface area contributed by atoms with Crippen molar-refractivity contribution in [3.05, 3.63) is 0 Å². The number of hydrogen-bond donors (Lipinski definition) is 0. The number of hydrogen-bond acceptors (Lipinski definition) is 4. The molecule has 1 unspecified atom stereocenters. The molecule has 1 aliphatic heterocycles. The maximum atomic E-state index is 11.3. The molecule has 1 heterocycles. The average Bonchev–Trinajstić information content (AvgIpc) is 2.09. The zero-order chi connectivity index (χ0) is 11.0. The van der Waals surface area contributed by atoms with Crippen molar-refractivity contribution in [3.8, 4) is 0 Å². The number of ketones is 1. The summed E-state index contributed by atoms with van der Waals surface area (Å²) in [6, 6.07) is 0. The molecular formula is C8H10Br2O4. The molecule has 0 N–H and O–H groups in total. The zero-order valence-electron chi connectivity index (χ0n) is 7.75. The van der Waals surface area contributed by atoms with Gasteiger partial charge in [-0.3, -0.25) is 9.59 Å². The SMILES string of the molecule is CC1(C)OCC(Br)(Br)C(C(=O)C=O)O1. The molecule has 0 aliphatic carbocycles. The summed E-state index contributed by atoms with van der Waals surface area (Å²) in [5.41, 5.74) is 0. The second kappa shape index (κ2) is 4.00. The summed E-state index contributed by atoms with van der Waals surface area (Å²) in [4.78, 5) is 21.7. The first-order chi connectivity index (χ1) is 6.28. The first-order valence-corrected chi connectivity index (χ1v) is 5.56. The van der Waals surface area contributed by atoms with Crippen molar-refractivity contribution >= 4 is 43.9 Å². The van der Waals surface area contributed by atoms with Crippen molar-refractivity contribution in [1.82, 2.24) is 0 Å². The van der Waals surface area contributed by atoms with Gasteiger partial charge in [0.25, 0.3) is 0 Å². The molecular weight excluding hydrogens is 320 g/mol. The van der Waals surface area contributed by atoms with Gasteiger partial charge < -0.3 is 9.47 Å². The average molecular weight is 330 g/mol. The molecule has 6 heteroatoms. The summed E-state index contributed by atoms with van der Waals surface area (Å²) < 4.78 is 9.84. The van der Waals surface area contributed by atoms with Gasteiger partial charge in [0.2, 0.25) is 5.78 Å². The number of carbonyl (C=O) groups excluding carboxylic acids is 2. The lowest BCUT2D eigenvalue weighted by molar-refractivity contribution is -0.266. The van der Waals surface area contributed by atoms with E-state index in [4.69, 9.17) is 9.47 Å². The van der Waals surface area contributed by atoms with Crippen molar-refractivity contribution in [3.63, 3.8) is 0 Å². The lowest BCUT2D eigenvalue weighted by atomic mass is 10.1. The van der Waals surface area contributed by atoms with Crippen molar-refractivity contribution in [1.29, 1.82) is 0 Å². The quantitative estimate of drug-likeness (QED) is 0.436. The number of carbonyl (C=O) groups is 2. The first-order valence-electron chi connectivity index (χ1n) is 3.97. The normalized spacial score (nSPS) is 29.6. The second-order valence-electron chi connectivity index (χ2n) is 3.47. The van der Waals surface area contributed by atoms with Gasteiger partial charge in [0.05, 0.1) is 6.61 Å². The number of ether oxygens (including phenoxy) is 2. The number of aldehydes is 1. The van der Waals surface area contributed by atoms with E-state index in [1.807, 2.05) is 0 Å². The predicted molar refractivity (Wildman–Crippen MR) is 56.6 cm³/mol. The second-order valence-corrected chi connectivity index (χ2v) is 7.36. The molecule has 80 valence electrons. The van der Waals surface area contributed by atoms with Gasteiger partial charge in [-0.25, -0.2) is 0 Å². The van der Waals surface area contributed by atoms with E-state index in [1.165, 1.54) is 0 Å². The van der Waals surface area contributed by atoms with Crippen LogP contribution in [-0.2, 0) is 19.1 Å². The van der Waals surface area contributed by atoms with Gasteiger partial charge in [0.1, 0.15) is 3.23 Å². The maximum absolute atomic E-state index is 11.3. The van der Waals surface area contributed by atoms with Gasteiger partial charge >= 0.3 is 0 Å². The number of halogens is 2. The number of rotatable bonds is 2. The van der Waals surface area contributed by atoms with Crippen molar-refractivity contribution in [2.24, 2.45) is 0 Å². The molecule has 1 rings (SSSR count). The third-order valence-corrected chi connectivity index (χ3v) is 3.06. The number of Topliss-reactive ketones (excluding diaryl/α,β-unsaturated/α-hetero) is 1. The maximum Gasteiger partial charge on any atom is 0.226 e. The van der Waals surface area contributed by atoms with Crippen LogP contribution in [0.25, 0.3) is 0 Å². The minimum absolute atomic E-state index is 0.240. The molecule has 4 nitrogen and oxygen atoms in total. The van der Waals surface area contributed by atoms with E-state index in [-0.39, 0.29) is 12.9 Å². The van der Waals surface area contributed by atoms with Crippen LogP contribution in [0.15, 0.2) is 0 Å². The highest BCUT2D eigenvalue weighted by Crippen LogP contribution is 2.40. The Balaban J connectivity index is 2.87. The lowest BCUT2D eigenvalue weighted by Gasteiger charge is -2.41. The molecule has 1 atom stereocenters. The molecule has 0 spiro atoms. The molecule has 1 saturated heterocycles. The Morgan fingerprint density at radius 1 is 1.50 bits per heavy atom. The van der Waals surface area contributed by atoms with Gasteiger partial charge in [-0.05, 0) is 13.8 Å². The van der Waals surface area contributed by atoms with Gasteiger partial charge in [-0.1, -0.05) is 31.9 Å². The highest BCUT2D eigenvalue weighted by Gasteiger charge is 2.48. The van der Waals surface area contributed by atoms with Crippen LogP contribution in [-0.4, -0.2) is 33.8 Å².